The van der Waals surface area contributed by atoms with Crippen LogP contribution >= 0.6 is 11.6 Å². The second-order valence-corrected chi connectivity index (χ2v) is 6.95. The number of methoxy groups -OCH3 is 1. The van der Waals surface area contributed by atoms with Gasteiger partial charge < -0.3 is 15.0 Å². The van der Waals surface area contributed by atoms with Crippen LogP contribution in [0.5, 0.6) is 5.75 Å². The standard InChI is InChI=1S/C20H19ClF2N2O3/c1-28-18-5-2-12(21)10-16(18)20(27)25-8-6-14(7-9-25)24-19(26)15-4-3-13(22)11-17(15)23/h2-5,10-11,14H,6-9H2,1H3,(H,24,26). The Balaban J connectivity index is 1.61. The normalized spacial score (nSPS) is 14.6. The Labute approximate surface area is 166 Å². The maximum atomic E-state index is 13.7. The Kier molecular flexibility index (Phi) is 6.14. The van der Waals surface area contributed by atoms with Crippen LogP contribution in [0.1, 0.15) is 33.6 Å². The molecule has 2 amide bonds. The maximum absolute atomic E-state index is 13.7. The summed E-state index contributed by atoms with van der Waals surface area (Å²) < 4.78 is 31.9. The minimum Gasteiger partial charge on any atom is -0.496 e. The Morgan fingerprint density at radius 3 is 2.46 bits per heavy atom. The molecule has 0 aromatic heterocycles. The first kappa shape index (κ1) is 20.1. The summed E-state index contributed by atoms with van der Waals surface area (Å²) in [5.74, 6) is -2.00. The smallest absolute Gasteiger partial charge is 0.257 e. The summed E-state index contributed by atoms with van der Waals surface area (Å²) in [5, 5.41) is 3.18. The number of halogens is 3. The molecule has 1 aliphatic heterocycles. The van der Waals surface area contributed by atoms with Gasteiger partial charge in [0.2, 0.25) is 0 Å². The predicted molar refractivity (Wildman–Crippen MR) is 101 cm³/mol. The van der Waals surface area contributed by atoms with Crippen LogP contribution in [0, 0.1) is 11.6 Å². The molecule has 1 saturated heterocycles. The number of likely N-dealkylation sites (tertiary alicyclic amines) is 1. The van der Waals surface area contributed by atoms with Crippen molar-refractivity contribution in [2.75, 3.05) is 20.2 Å². The zero-order chi connectivity index (χ0) is 20.3. The van der Waals surface area contributed by atoms with E-state index in [0.717, 1.165) is 12.1 Å². The molecule has 0 aliphatic carbocycles. The van der Waals surface area contributed by atoms with Gasteiger partial charge in [-0.2, -0.15) is 0 Å². The van der Waals surface area contributed by atoms with Crippen molar-refractivity contribution in [1.82, 2.24) is 10.2 Å². The highest BCUT2D eigenvalue weighted by molar-refractivity contribution is 6.31. The SMILES string of the molecule is COc1ccc(Cl)cc1C(=O)N1CCC(NC(=O)c2ccc(F)cc2F)CC1. The van der Waals surface area contributed by atoms with Crippen LogP contribution in [0.15, 0.2) is 36.4 Å². The van der Waals surface area contributed by atoms with Gasteiger partial charge in [0.05, 0.1) is 18.2 Å². The van der Waals surface area contributed by atoms with Crippen molar-refractivity contribution in [2.45, 2.75) is 18.9 Å². The topological polar surface area (TPSA) is 58.6 Å². The van der Waals surface area contributed by atoms with Crippen LogP contribution in [-0.2, 0) is 0 Å². The molecule has 1 N–H and O–H groups in total. The van der Waals surface area contributed by atoms with Gasteiger partial charge in [0, 0.05) is 30.2 Å². The van der Waals surface area contributed by atoms with E-state index in [1.807, 2.05) is 0 Å². The lowest BCUT2D eigenvalue weighted by Crippen LogP contribution is -2.46. The Bertz CT molecular complexity index is 899. The van der Waals surface area contributed by atoms with Crippen molar-refractivity contribution in [3.8, 4) is 5.75 Å². The molecule has 8 heteroatoms. The van der Waals surface area contributed by atoms with E-state index in [4.69, 9.17) is 16.3 Å². The molecule has 0 atom stereocenters. The highest BCUT2D eigenvalue weighted by Crippen LogP contribution is 2.25. The average Bonchev–Trinajstić information content (AvgIpc) is 2.68. The summed E-state index contributed by atoms with van der Waals surface area (Å²) in [6.07, 6.45) is 1.03. The summed E-state index contributed by atoms with van der Waals surface area (Å²) in [4.78, 5) is 26.7. The molecule has 5 nitrogen and oxygen atoms in total. The summed E-state index contributed by atoms with van der Waals surface area (Å²) in [5.41, 5.74) is 0.175. The average molecular weight is 409 g/mol. The Hall–Kier alpha value is -2.67. The number of hydrogen-bond acceptors (Lipinski definition) is 3. The Morgan fingerprint density at radius 1 is 1.11 bits per heavy atom. The second kappa shape index (κ2) is 8.56. The molecular weight excluding hydrogens is 390 g/mol. The van der Waals surface area contributed by atoms with Gasteiger partial charge in [0.15, 0.2) is 0 Å². The van der Waals surface area contributed by atoms with E-state index < -0.39 is 17.5 Å². The Morgan fingerprint density at radius 2 is 1.82 bits per heavy atom. The van der Waals surface area contributed by atoms with Gasteiger partial charge in [-0.15, -0.1) is 0 Å². The van der Waals surface area contributed by atoms with Gasteiger partial charge in [-0.25, -0.2) is 8.78 Å². The lowest BCUT2D eigenvalue weighted by molar-refractivity contribution is 0.0694. The third-order valence-corrected chi connectivity index (χ3v) is 4.92. The number of piperidine rings is 1. The fourth-order valence-corrected chi connectivity index (χ4v) is 3.35. The van der Waals surface area contributed by atoms with Gasteiger partial charge in [-0.05, 0) is 43.2 Å². The molecule has 1 heterocycles. The number of rotatable bonds is 4. The molecule has 28 heavy (non-hydrogen) atoms. The first-order valence-corrected chi connectivity index (χ1v) is 9.15. The largest absolute Gasteiger partial charge is 0.496 e. The fourth-order valence-electron chi connectivity index (χ4n) is 3.18. The predicted octanol–water partition coefficient (Wildman–Crippen LogP) is 3.66. The zero-order valence-corrected chi connectivity index (χ0v) is 15.9. The molecule has 0 spiro atoms. The van der Waals surface area contributed by atoms with E-state index in [1.165, 1.54) is 7.11 Å². The lowest BCUT2D eigenvalue weighted by atomic mass is 10.0. The van der Waals surface area contributed by atoms with Crippen LogP contribution in [0.4, 0.5) is 8.78 Å². The minimum atomic E-state index is -0.904. The van der Waals surface area contributed by atoms with Crippen LogP contribution in [0.25, 0.3) is 0 Å². The monoisotopic (exact) mass is 408 g/mol. The van der Waals surface area contributed by atoms with Crippen LogP contribution in [0.2, 0.25) is 5.02 Å². The first-order valence-electron chi connectivity index (χ1n) is 8.77. The van der Waals surface area contributed by atoms with Gasteiger partial charge in [0.25, 0.3) is 11.8 Å². The number of nitrogens with zero attached hydrogens (tertiary/aromatic N) is 1. The van der Waals surface area contributed by atoms with Gasteiger partial charge >= 0.3 is 0 Å². The lowest BCUT2D eigenvalue weighted by Gasteiger charge is -2.32. The molecular formula is C20H19ClF2N2O3. The summed E-state index contributed by atoms with van der Waals surface area (Å²) in [6.45, 7) is 0.844. The molecule has 1 fully saturated rings. The number of benzene rings is 2. The number of carbonyl (C=O) groups excluding carboxylic acids is 2. The van der Waals surface area contributed by atoms with Crippen LogP contribution in [-0.4, -0.2) is 43.0 Å². The first-order chi connectivity index (χ1) is 13.4. The molecule has 0 saturated carbocycles. The molecule has 2 aromatic carbocycles. The summed E-state index contributed by atoms with van der Waals surface area (Å²) in [6, 6.07) is 7.47. The van der Waals surface area contributed by atoms with Crippen LogP contribution in [0.3, 0.4) is 0 Å². The molecule has 2 aromatic rings. The van der Waals surface area contributed by atoms with E-state index >= 15 is 0 Å². The van der Waals surface area contributed by atoms with Crippen molar-refractivity contribution in [3.63, 3.8) is 0 Å². The number of amides is 2. The molecule has 0 radical (unpaired) electrons. The van der Waals surface area contributed by atoms with Crippen molar-refractivity contribution in [2.24, 2.45) is 0 Å². The van der Waals surface area contributed by atoms with Crippen molar-refractivity contribution < 1.29 is 23.1 Å². The van der Waals surface area contributed by atoms with Crippen molar-refractivity contribution in [1.29, 1.82) is 0 Å². The number of hydrogen-bond donors (Lipinski definition) is 1. The van der Waals surface area contributed by atoms with Gasteiger partial charge in [-0.1, -0.05) is 11.6 Å². The number of nitrogens with one attached hydrogen (secondary N) is 1. The van der Waals surface area contributed by atoms with Gasteiger partial charge in [-0.3, -0.25) is 9.59 Å². The minimum absolute atomic E-state index is 0.200. The van der Waals surface area contributed by atoms with Crippen molar-refractivity contribution >= 4 is 23.4 Å². The maximum Gasteiger partial charge on any atom is 0.257 e. The van der Waals surface area contributed by atoms with E-state index in [2.05, 4.69) is 5.32 Å². The quantitative estimate of drug-likeness (QED) is 0.840. The van der Waals surface area contributed by atoms with E-state index in [0.29, 0.717) is 48.3 Å². The molecule has 0 bridgehead atoms. The highest BCUT2D eigenvalue weighted by Gasteiger charge is 2.27. The third-order valence-electron chi connectivity index (χ3n) is 4.69. The molecule has 0 unspecified atom stereocenters. The van der Waals surface area contributed by atoms with Crippen molar-refractivity contribution in [3.05, 3.63) is 64.2 Å². The number of ether oxygens (including phenoxy) is 1. The van der Waals surface area contributed by atoms with E-state index in [-0.39, 0.29) is 17.5 Å². The molecule has 1 aliphatic rings. The fraction of sp³-hybridized carbons (Fsp3) is 0.300. The molecule has 148 valence electrons. The van der Waals surface area contributed by atoms with Crippen LogP contribution < -0.4 is 10.1 Å². The third kappa shape index (κ3) is 4.42. The summed E-state index contributed by atoms with van der Waals surface area (Å²) >= 11 is 5.99. The highest BCUT2D eigenvalue weighted by atomic mass is 35.5. The van der Waals surface area contributed by atoms with E-state index in [1.54, 1.807) is 23.1 Å². The second-order valence-electron chi connectivity index (χ2n) is 6.51. The van der Waals surface area contributed by atoms with E-state index in [9.17, 15) is 18.4 Å². The summed E-state index contributed by atoms with van der Waals surface area (Å²) in [7, 11) is 1.48. The van der Waals surface area contributed by atoms with Gasteiger partial charge in [0.1, 0.15) is 17.4 Å². The number of carbonyl (C=O) groups is 2. The zero-order valence-electron chi connectivity index (χ0n) is 15.2. The molecule has 3 rings (SSSR count).